The minimum absolute atomic E-state index is 0.0472. The summed E-state index contributed by atoms with van der Waals surface area (Å²) in [6, 6.07) is 8.27. The molecule has 0 unspecified atom stereocenters. The van der Waals surface area contributed by atoms with E-state index in [0.717, 1.165) is 0 Å². The Labute approximate surface area is 131 Å². The molecule has 0 bridgehead atoms. The number of nitrogens with zero attached hydrogens (tertiary/aromatic N) is 1. The highest BCUT2D eigenvalue weighted by molar-refractivity contribution is 7.94. The maximum Gasteiger partial charge on any atom is 0.410 e. The molecule has 1 aliphatic rings. The molecule has 1 aliphatic heterocycles. The zero-order valence-corrected chi connectivity index (χ0v) is 13.8. The molecule has 0 N–H and O–H groups in total. The molecule has 0 atom stereocenters. The summed E-state index contributed by atoms with van der Waals surface area (Å²) in [4.78, 5) is 13.6. The van der Waals surface area contributed by atoms with Gasteiger partial charge < -0.3 is 9.64 Å². The second-order valence-electron chi connectivity index (χ2n) is 6.33. The molecule has 1 heterocycles. The van der Waals surface area contributed by atoms with Crippen LogP contribution in [0.15, 0.2) is 46.7 Å². The molecule has 1 aromatic rings. The van der Waals surface area contributed by atoms with Crippen LogP contribution >= 0.6 is 0 Å². The van der Waals surface area contributed by atoms with Gasteiger partial charge in [-0.15, -0.1) is 0 Å². The molecule has 0 aromatic heterocycles. The third kappa shape index (κ3) is 4.34. The molecule has 0 aliphatic carbocycles. The molecule has 22 heavy (non-hydrogen) atoms. The average molecular weight is 323 g/mol. The van der Waals surface area contributed by atoms with Crippen molar-refractivity contribution in [2.75, 3.05) is 13.1 Å². The summed E-state index contributed by atoms with van der Waals surface area (Å²) in [5.41, 5.74) is -0.519. The number of rotatable bonds is 3. The molecule has 1 aromatic carbocycles. The first-order valence-electron chi connectivity index (χ1n) is 7.14. The fourth-order valence-electron chi connectivity index (χ4n) is 2.01. The van der Waals surface area contributed by atoms with Crippen LogP contribution in [0.1, 0.15) is 20.8 Å². The van der Waals surface area contributed by atoms with Gasteiger partial charge in [0.15, 0.2) is 9.84 Å². The number of amides is 1. The Morgan fingerprint density at radius 2 is 1.82 bits per heavy atom. The first-order valence-corrected chi connectivity index (χ1v) is 8.68. The summed E-state index contributed by atoms with van der Waals surface area (Å²) >= 11 is 0. The molecule has 2 rings (SSSR count). The molecule has 0 spiro atoms. The molecule has 5 nitrogen and oxygen atoms in total. The largest absolute Gasteiger partial charge is 0.444 e. The van der Waals surface area contributed by atoms with Gasteiger partial charge in [0.05, 0.1) is 4.90 Å². The highest BCUT2D eigenvalue weighted by Crippen LogP contribution is 2.21. The van der Waals surface area contributed by atoms with Crippen LogP contribution in [0.25, 0.3) is 0 Å². The van der Waals surface area contributed by atoms with Crippen molar-refractivity contribution in [1.82, 2.24) is 4.90 Å². The Kier molecular flexibility index (Phi) is 4.60. The number of sulfone groups is 1. The first-order chi connectivity index (χ1) is 10.2. The van der Waals surface area contributed by atoms with Gasteiger partial charge in [0, 0.05) is 24.4 Å². The topological polar surface area (TPSA) is 63.7 Å². The second-order valence-corrected chi connectivity index (χ2v) is 8.17. The molecule has 1 amide bonds. The van der Waals surface area contributed by atoms with E-state index in [1.807, 2.05) is 20.8 Å². The van der Waals surface area contributed by atoms with Crippen molar-refractivity contribution in [3.63, 3.8) is 0 Å². The van der Waals surface area contributed by atoms with E-state index in [2.05, 4.69) is 0 Å². The molecular formula is C16H21NO4S. The monoisotopic (exact) mass is 323 g/mol. The average Bonchev–Trinajstić information content (AvgIpc) is 2.35. The van der Waals surface area contributed by atoms with Crippen LogP contribution in [-0.2, 0) is 14.6 Å². The molecule has 0 saturated carbocycles. The summed E-state index contributed by atoms with van der Waals surface area (Å²) in [5, 5.41) is 1.22. The van der Waals surface area contributed by atoms with Gasteiger partial charge in [0.2, 0.25) is 0 Å². The molecule has 6 heteroatoms. The van der Waals surface area contributed by atoms with Crippen molar-refractivity contribution in [3.05, 3.63) is 41.8 Å². The third-order valence-electron chi connectivity index (χ3n) is 3.16. The quantitative estimate of drug-likeness (QED) is 0.858. The van der Waals surface area contributed by atoms with Crippen molar-refractivity contribution in [2.24, 2.45) is 5.92 Å². The number of hydrogen-bond donors (Lipinski definition) is 0. The third-order valence-corrected chi connectivity index (χ3v) is 4.61. The van der Waals surface area contributed by atoms with E-state index in [4.69, 9.17) is 4.74 Å². The molecule has 1 fully saturated rings. The number of carbonyl (C=O) groups is 1. The van der Waals surface area contributed by atoms with Crippen LogP contribution in [0.4, 0.5) is 4.79 Å². The lowest BCUT2D eigenvalue weighted by Crippen LogP contribution is -2.50. The van der Waals surface area contributed by atoms with E-state index in [9.17, 15) is 13.2 Å². The van der Waals surface area contributed by atoms with Crippen LogP contribution in [0.3, 0.4) is 0 Å². The molecule has 120 valence electrons. The lowest BCUT2D eigenvalue weighted by atomic mass is 10.0. The Hall–Kier alpha value is -1.82. The fourth-order valence-corrected chi connectivity index (χ4v) is 3.14. The predicted molar refractivity (Wildman–Crippen MR) is 84.1 cm³/mol. The van der Waals surface area contributed by atoms with Crippen molar-refractivity contribution >= 4 is 15.9 Å². The molecule has 1 saturated heterocycles. The van der Waals surface area contributed by atoms with Gasteiger partial charge in [0.25, 0.3) is 0 Å². The van der Waals surface area contributed by atoms with Crippen molar-refractivity contribution < 1.29 is 17.9 Å². The Bertz CT molecular complexity index is 653. The lowest BCUT2D eigenvalue weighted by molar-refractivity contribution is 0.00495. The fraction of sp³-hybridized carbons (Fsp3) is 0.438. The maximum atomic E-state index is 12.1. The zero-order valence-electron chi connectivity index (χ0n) is 13.0. The van der Waals surface area contributed by atoms with Gasteiger partial charge in [-0.3, -0.25) is 0 Å². The minimum atomic E-state index is -3.41. The van der Waals surface area contributed by atoms with Crippen LogP contribution in [0, 0.1) is 5.92 Å². The normalized spacial score (nSPS) is 16.6. The van der Waals surface area contributed by atoms with E-state index in [1.165, 1.54) is 5.41 Å². The number of likely N-dealkylation sites (tertiary alicyclic amines) is 1. The van der Waals surface area contributed by atoms with Crippen molar-refractivity contribution in [1.29, 1.82) is 0 Å². The summed E-state index contributed by atoms with van der Waals surface area (Å²) < 4.78 is 29.4. The summed E-state index contributed by atoms with van der Waals surface area (Å²) in [6.45, 7) is 6.41. The Morgan fingerprint density at radius 3 is 2.36 bits per heavy atom. The SMILES string of the molecule is CC(C)(C)OC(=O)N1CC(C=CS(=O)(=O)c2ccccc2)C1. The molecular weight excluding hydrogens is 302 g/mol. The van der Waals surface area contributed by atoms with Crippen LogP contribution in [-0.4, -0.2) is 38.1 Å². The van der Waals surface area contributed by atoms with Gasteiger partial charge in [-0.25, -0.2) is 13.2 Å². The smallest absolute Gasteiger partial charge is 0.410 e. The van der Waals surface area contributed by atoms with Crippen molar-refractivity contribution in [2.45, 2.75) is 31.3 Å². The predicted octanol–water partition coefficient (Wildman–Crippen LogP) is 2.84. The Morgan fingerprint density at radius 1 is 1.23 bits per heavy atom. The van der Waals surface area contributed by atoms with Gasteiger partial charge >= 0.3 is 6.09 Å². The van der Waals surface area contributed by atoms with E-state index < -0.39 is 15.4 Å². The highest BCUT2D eigenvalue weighted by atomic mass is 32.2. The minimum Gasteiger partial charge on any atom is -0.444 e. The van der Waals surface area contributed by atoms with Gasteiger partial charge in [-0.1, -0.05) is 24.3 Å². The van der Waals surface area contributed by atoms with E-state index >= 15 is 0 Å². The van der Waals surface area contributed by atoms with Gasteiger partial charge in [-0.2, -0.15) is 0 Å². The summed E-state index contributed by atoms with van der Waals surface area (Å²) in [6.07, 6.45) is 1.28. The molecule has 0 radical (unpaired) electrons. The van der Waals surface area contributed by atoms with Crippen LogP contribution < -0.4 is 0 Å². The zero-order chi connectivity index (χ0) is 16.4. The second kappa shape index (κ2) is 6.12. The summed E-state index contributed by atoms with van der Waals surface area (Å²) in [5.74, 6) is 0.0472. The highest BCUT2D eigenvalue weighted by Gasteiger charge is 2.32. The van der Waals surface area contributed by atoms with E-state index in [1.54, 1.807) is 41.3 Å². The number of ether oxygens (including phenoxy) is 1. The Balaban J connectivity index is 1.89. The van der Waals surface area contributed by atoms with E-state index in [0.29, 0.717) is 13.1 Å². The lowest BCUT2D eigenvalue weighted by Gasteiger charge is -2.38. The maximum absolute atomic E-state index is 12.1. The van der Waals surface area contributed by atoms with Crippen LogP contribution in [0.2, 0.25) is 0 Å². The number of carbonyl (C=O) groups excluding carboxylic acids is 1. The van der Waals surface area contributed by atoms with Gasteiger partial charge in [-0.05, 0) is 32.9 Å². The van der Waals surface area contributed by atoms with Crippen molar-refractivity contribution in [3.8, 4) is 0 Å². The van der Waals surface area contributed by atoms with Crippen LogP contribution in [0.5, 0.6) is 0 Å². The number of hydrogen-bond acceptors (Lipinski definition) is 4. The standard InChI is InChI=1S/C16H21NO4S/c1-16(2,3)21-15(18)17-11-13(12-17)9-10-22(19,20)14-7-5-4-6-8-14/h4-10,13H,11-12H2,1-3H3. The number of benzene rings is 1. The summed E-state index contributed by atoms with van der Waals surface area (Å²) in [7, 11) is -3.41. The van der Waals surface area contributed by atoms with Gasteiger partial charge in [0.1, 0.15) is 5.60 Å². The first kappa shape index (κ1) is 16.5. The van der Waals surface area contributed by atoms with E-state index in [-0.39, 0.29) is 16.9 Å².